The first-order valence-electron chi connectivity index (χ1n) is 5.79. The van der Waals surface area contributed by atoms with Crippen molar-refractivity contribution in [3.63, 3.8) is 0 Å². The minimum atomic E-state index is -0.517. The molecular weight excluding hydrogens is 228 g/mol. The fourth-order valence-corrected chi connectivity index (χ4v) is 1.40. The third-order valence-electron chi connectivity index (χ3n) is 2.22. The molecule has 0 bridgehead atoms. The molecule has 0 aliphatic heterocycles. The summed E-state index contributed by atoms with van der Waals surface area (Å²) in [6.45, 7) is 7.13. The predicted octanol–water partition coefficient (Wildman–Crippen LogP) is 3.24. The lowest BCUT2D eigenvalue weighted by Gasteiger charge is -2.19. The fourth-order valence-electron chi connectivity index (χ4n) is 1.40. The van der Waals surface area contributed by atoms with Crippen molar-refractivity contribution in [2.75, 3.05) is 0 Å². The monoisotopic (exact) mass is 246 g/mol. The third-order valence-corrected chi connectivity index (χ3v) is 2.22. The molecule has 0 N–H and O–H groups in total. The number of esters is 1. The molecule has 0 aliphatic carbocycles. The van der Waals surface area contributed by atoms with Gasteiger partial charge in [-0.2, -0.15) is 0 Å². The second-order valence-electron chi connectivity index (χ2n) is 5.08. The lowest BCUT2D eigenvalue weighted by Crippen LogP contribution is -2.24. The smallest absolute Gasteiger partial charge is 0.334 e. The zero-order chi connectivity index (χ0) is 13.8. The van der Waals surface area contributed by atoms with Gasteiger partial charge in [-0.15, -0.1) is 0 Å². The van der Waals surface area contributed by atoms with E-state index in [2.05, 4.69) is 0 Å². The van der Waals surface area contributed by atoms with Gasteiger partial charge in [-0.3, -0.25) is 4.79 Å². The van der Waals surface area contributed by atoms with Crippen LogP contribution in [0.5, 0.6) is 0 Å². The molecule has 96 valence electrons. The van der Waals surface area contributed by atoms with Crippen molar-refractivity contribution >= 4 is 18.3 Å². The van der Waals surface area contributed by atoms with E-state index < -0.39 is 5.60 Å². The molecule has 3 heteroatoms. The van der Waals surface area contributed by atoms with Crippen molar-refractivity contribution in [1.82, 2.24) is 0 Å². The maximum atomic E-state index is 11.8. The molecule has 0 fully saturated rings. The maximum Gasteiger partial charge on any atom is 0.334 e. The molecule has 0 radical (unpaired) electrons. The lowest BCUT2D eigenvalue weighted by atomic mass is 10.1. The Labute approximate surface area is 107 Å². The Balaban J connectivity index is 2.95. The van der Waals surface area contributed by atoms with Gasteiger partial charge in [0.15, 0.2) is 6.29 Å². The molecule has 1 aromatic rings. The van der Waals surface area contributed by atoms with Crippen molar-refractivity contribution in [1.29, 1.82) is 0 Å². The molecule has 18 heavy (non-hydrogen) atoms. The van der Waals surface area contributed by atoms with Crippen LogP contribution in [0.25, 0.3) is 6.08 Å². The van der Waals surface area contributed by atoms with Crippen LogP contribution in [-0.2, 0) is 9.53 Å². The van der Waals surface area contributed by atoms with E-state index in [0.717, 1.165) is 11.8 Å². The first kappa shape index (κ1) is 14.2. The molecule has 0 saturated heterocycles. The van der Waals surface area contributed by atoms with Crippen LogP contribution in [0.4, 0.5) is 0 Å². The third kappa shape index (κ3) is 4.17. The van der Waals surface area contributed by atoms with Crippen molar-refractivity contribution in [3.8, 4) is 0 Å². The Morgan fingerprint density at radius 3 is 2.22 bits per heavy atom. The Hall–Kier alpha value is -1.90. The topological polar surface area (TPSA) is 43.4 Å². The molecule has 0 spiro atoms. The molecular formula is C15H18O3. The largest absolute Gasteiger partial charge is 0.457 e. The van der Waals surface area contributed by atoms with Gasteiger partial charge in [-0.1, -0.05) is 24.3 Å². The number of carbonyl (C=O) groups is 2. The lowest BCUT2D eigenvalue weighted by molar-refractivity contribution is -0.149. The van der Waals surface area contributed by atoms with Crippen molar-refractivity contribution in [2.24, 2.45) is 0 Å². The Morgan fingerprint density at radius 1 is 1.17 bits per heavy atom. The highest BCUT2D eigenvalue weighted by Gasteiger charge is 2.17. The molecule has 0 aliphatic rings. The second-order valence-corrected chi connectivity index (χ2v) is 5.08. The van der Waals surface area contributed by atoms with Crippen molar-refractivity contribution in [3.05, 3.63) is 41.0 Å². The number of ether oxygens (including phenoxy) is 1. The first-order valence-corrected chi connectivity index (χ1v) is 5.79. The van der Waals surface area contributed by atoms with Gasteiger partial charge in [0.1, 0.15) is 5.60 Å². The summed E-state index contributed by atoms with van der Waals surface area (Å²) in [4.78, 5) is 22.6. The summed E-state index contributed by atoms with van der Waals surface area (Å²) in [6, 6.07) is 7.10. The van der Waals surface area contributed by atoms with Crippen molar-refractivity contribution in [2.45, 2.75) is 33.3 Å². The van der Waals surface area contributed by atoms with Crippen LogP contribution in [0.1, 0.15) is 43.6 Å². The Morgan fingerprint density at radius 2 is 1.72 bits per heavy atom. The van der Waals surface area contributed by atoms with Gasteiger partial charge in [-0.05, 0) is 39.3 Å². The molecule has 1 rings (SSSR count). The number of carbonyl (C=O) groups excluding carboxylic acids is 2. The van der Waals surface area contributed by atoms with Crippen LogP contribution in [0, 0.1) is 0 Å². The fraction of sp³-hybridized carbons (Fsp3) is 0.333. The summed E-state index contributed by atoms with van der Waals surface area (Å²) >= 11 is 0. The van der Waals surface area contributed by atoms with Crippen LogP contribution < -0.4 is 0 Å². The summed E-state index contributed by atoms with van der Waals surface area (Å²) in [7, 11) is 0. The van der Waals surface area contributed by atoms with E-state index in [-0.39, 0.29) is 5.97 Å². The maximum absolute atomic E-state index is 11.8. The zero-order valence-corrected chi connectivity index (χ0v) is 11.2. The van der Waals surface area contributed by atoms with Crippen LogP contribution in [-0.4, -0.2) is 17.9 Å². The summed E-state index contributed by atoms with van der Waals surface area (Å²) in [5, 5.41) is 0. The minimum Gasteiger partial charge on any atom is -0.457 e. The van der Waals surface area contributed by atoms with Gasteiger partial charge in [0.25, 0.3) is 0 Å². The summed E-state index contributed by atoms with van der Waals surface area (Å²) in [6.07, 6.45) is 2.44. The number of hydrogen-bond donors (Lipinski definition) is 0. The Bertz CT molecular complexity index is 479. The quantitative estimate of drug-likeness (QED) is 0.467. The van der Waals surface area contributed by atoms with Gasteiger partial charge < -0.3 is 4.74 Å². The molecule has 0 saturated carbocycles. The molecule has 0 aromatic heterocycles. The van der Waals surface area contributed by atoms with Crippen LogP contribution >= 0.6 is 0 Å². The SMILES string of the molecule is CC(=Cc1ccccc1C=O)C(=O)OC(C)(C)C. The molecule has 0 heterocycles. The van der Waals surface area contributed by atoms with E-state index in [0.29, 0.717) is 11.1 Å². The van der Waals surface area contributed by atoms with E-state index in [1.807, 2.05) is 26.8 Å². The van der Waals surface area contributed by atoms with E-state index in [4.69, 9.17) is 4.74 Å². The van der Waals surface area contributed by atoms with Gasteiger partial charge in [0.05, 0.1) is 0 Å². The summed E-state index contributed by atoms with van der Waals surface area (Å²) in [5.41, 5.74) is 1.23. The minimum absolute atomic E-state index is 0.372. The summed E-state index contributed by atoms with van der Waals surface area (Å²) < 4.78 is 5.25. The van der Waals surface area contributed by atoms with E-state index in [9.17, 15) is 9.59 Å². The zero-order valence-electron chi connectivity index (χ0n) is 11.2. The van der Waals surface area contributed by atoms with Crippen molar-refractivity contribution < 1.29 is 14.3 Å². The number of benzene rings is 1. The molecule has 1 aromatic carbocycles. The van der Waals surface area contributed by atoms with E-state index in [1.165, 1.54) is 0 Å². The first-order chi connectivity index (χ1) is 8.33. The van der Waals surface area contributed by atoms with Crippen LogP contribution in [0.3, 0.4) is 0 Å². The average Bonchev–Trinajstić information content (AvgIpc) is 2.27. The van der Waals surface area contributed by atoms with Crippen LogP contribution in [0.2, 0.25) is 0 Å². The summed E-state index contributed by atoms with van der Waals surface area (Å²) in [5.74, 6) is -0.372. The molecule has 0 amide bonds. The van der Waals surface area contributed by atoms with Gasteiger partial charge in [-0.25, -0.2) is 4.79 Å². The number of aldehydes is 1. The molecule has 0 atom stereocenters. The van der Waals surface area contributed by atoms with Crippen LogP contribution in [0.15, 0.2) is 29.8 Å². The normalized spacial score (nSPS) is 12.1. The van der Waals surface area contributed by atoms with E-state index >= 15 is 0 Å². The number of rotatable bonds is 3. The van der Waals surface area contributed by atoms with Gasteiger partial charge in [0, 0.05) is 11.1 Å². The number of hydrogen-bond acceptors (Lipinski definition) is 3. The second kappa shape index (κ2) is 5.63. The Kier molecular flexibility index (Phi) is 4.43. The van der Waals surface area contributed by atoms with E-state index in [1.54, 1.807) is 31.2 Å². The highest BCUT2D eigenvalue weighted by atomic mass is 16.6. The standard InChI is InChI=1S/C15H18O3/c1-11(14(17)18-15(2,3)4)9-12-7-5-6-8-13(12)10-16/h5-10H,1-4H3. The highest BCUT2D eigenvalue weighted by molar-refractivity contribution is 5.95. The average molecular weight is 246 g/mol. The predicted molar refractivity (Wildman–Crippen MR) is 71.3 cm³/mol. The van der Waals surface area contributed by atoms with Gasteiger partial charge >= 0.3 is 5.97 Å². The highest BCUT2D eigenvalue weighted by Crippen LogP contribution is 2.15. The molecule has 3 nitrogen and oxygen atoms in total. The molecule has 0 unspecified atom stereocenters. The van der Waals surface area contributed by atoms with Gasteiger partial charge in [0.2, 0.25) is 0 Å².